The van der Waals surface area contributed by atoms with Gasteiger partial charge in [-0.15, -0.1) is 4.40 Å². The quantitative estimate of drug-likeness (QED) is 0.809. The summed E-state index contributed by atoms with van der Waals surface area (Å²) in [7, 11) is -3.76. The molecule has 7 heteroatoms. The van der Waals surface area contributed by atoms with Gasteiger partial charge < -0.3 is 0 Å². The topological polar surface area (TPSA) is 62.6 Å². The molecule has 102 valence electrons. The number of nitrogens with zero attached hydrogens (tertiary/aromatic N) is 3. The smallest absolute Gasteiger partial charge is 0.280 e. The molecule has 0 saturated carbocycles. The number of hydrogen-bond donors (Lipinski definition) is 0. The Bertz CT molecular complexity index is 818. The normalized spacial score (nSPS) is 16.0. The van der Waals surface area contributed by atoms with Crippen molar-refractivity contribution in [1.82, 2.24) is 4.98 Å². The minimum absolute atomic E-state index is 0.0385. The van der Waals surface area contributed by atoms with Crippen LogP contribution in [0, 0.1) is 12.7 Å². The fraction of sp³-hybridized carbons (Fsp3) is 0.0769. The van der Waals surface area contributed by atoms with Crippen molar-refractivity contribution >= 4 is 27.9 Å². The monoisotopic (exact) mass is 291 g/mol. The zero-order valence-corrected chi connectivity index (χ0v) is 11.3. The molecule has 5 nitrogen and oxygen atoms in total. The second-order valence-corrected chi connectivity index (χ2v) is 5.95. The van der Waals surface area contributed by atoms with Crippen molar-refractivity contribution in [2.45, 2.75) is 11.8 Å². The molecule has 1 aliphatic heterocycles. The van der Waals surface area contributed by atoms with Crippen LogP contribution >= 0.6 is 0 Å². The maximum absolute atomic E-state index is 14.0. The number of halogens is 1. The van der Waals surface area contributed by atoms with Crippen LogP contribution < -0.4 is 4.90 Å². The van der Waals surface area contributed by atoms with E-state index in [1.807, 2.05) is 6.92 Å². The van der Waals surface area contributed by atoms with Crippen molar-refractivity contribution in [1.29, 1.82) is 0 Å². The summed E-state index contributed by atoms with van der Waals surface area (Å²) in [6.45, 7) is 1.82. The average Bonchev–Trinajstić information content (AvgIpc) is 2.42. The van der Waals surface area contributed by atoms with E-state index in [0.717, 1.165) is 11.9 Å². The predicted molar refractivity (Wildman–Crippen MR) is 73.2 cm³/mol. The third kappa shape index (κ3) is 1.96. The van der Waals surface area contributed by atoms with Gasteiger partial charge in [0.1, 0.15) is 17.1 Å². The Hall–Kier alpha value is -2.28. The summed E-state index contributed by atoms with van der Waals surface area (Å²) in [5.41, 5.74) is 1.06. The number of benzene rings is 1. The highest BCUT2D eigenvalue weighted by Gasteiger charge is 2.28. The largest absolute Gasteiger partial charge is 0.287 e. The highest BCUT2D eigenvalue weighted by atomic mass is 32.2. The molecule has 0 aliphatic carbocycles. The Morgan fingerprint density at radius 2 is 2.05 bits per heavy atom. The first-order chi connectivity index (χ1) is 9.49. The minimum Gasteiger partial charge on any atom is -0.280 e. The van der Waals surface area contributed by atoms with E-state index in [0.29, 0.717) is 0 Å². The van der Waals surface area contributed by atoms with E-state index in [1.54, 1.807) is 12.1 Å². The molecule has 1 aromatic heterocycles. The molecule has 1 aliphatic rings. The van der Waals surface area contributed by atoms with Gasteiger partial charge in [0.15, 0.2) is 5.82 Å². The highest BCUT2D eigenvalue weighted by molar-refractivity contribution is 7.90. The SMILES string of the molecule is Cc1ccc(F)c(N2C=NS(=O)(=O)c3cccnc32)c1. The van der Waals surface area contributed by atoms with Gasteiger partial charge in [0.25, 0.3) is 10.0 Å². The number of rotatable bonds is 1. The first-order valence-corrected chi connectivity index (χ1v) is 7.24. The van der Waals surface area contributed by atoms with Gasteiger partial charge in [-0.3, -0.25) is 4.90 Å². The number of pyridine rings is 1. The molecule has 0 spiro atoms. The Balaban J connectivity index is 2.24. The van der Waals surface area contributed by atoms with Crippen LogP contribution in [0.15, 0.2) is 45.8 Å². The van der Waals surface area contributed by atoms with Crippen LogP contribution in [0.2, 0.25) is 0 Å². The molecule has 0 atom stereocenters. The molecule has 2 heterocycles. The Morgan fingerprint density at radius 3 is 2.85 bits per heavy atom. The predicted octanol–water partition coefficient (Wildman–Crippen LogP) is 2.40. The number of fused-ring (bicyclic) bond motifs is 1. The second-order valence-electron chi connectivity index (χ2n) is 4.35. The first-order valence-electron chi connectivity index (χ1n) is 5.80. The molecule has 0 bridgehead atoms. The lowest BCUT2D eigenvalue weighted by atomic mass is 10.2. The van der Waals surface area contributed by atoms with Gasteiger partial charge in [0.05, 0.1) is 5.69 Å². The Morgan fingerprint density at radius 1 is 1.25 bits per heavy atom. The third-order valence-electron chi connectivity index (χ3n) is 2.92. The van der Waals surface area contributed by atoms with Crippen molar-refractivity contribution < 1.29 is 12.8 Å². The fourth-order valence-electron chi connectivity index (χ4n) is 1.97. The molecule has 0 amide bonds. The van der Waals surface area contributed by atoms with E-state index in [1.165, 1.54) is 29.3 Å². The van der Waals surface area contributed by atoms with Crippen molar-refractivity contribution in [3.05, 3.63) is 47.9 Å². The van der Waals surface area contributed by atoms with Crippen LogP contribution in [0.3, 0.4) is 0 Å². The highest BCUT2D eigenvalue weighted by Crippen LogP contribution is 2.34. The maximum atomic E-state index is 14.0. The van der Waals surface area contributed by atoms with Crippen LogP contribution in [0.1, 0.15) is 5.56 Å². The van der Waals surface area contributed by atoms with E-state index in [4.69, 9.17) is 0 Å². The average molecular weight is 291 g/mol. The zero-order valence-electron chi connectivity index (χ0n) is 10.5. The van der Waals surface area contributed by atoms with Crippen LogP contribution in [0.5, 0.6) is 0 Å². The summed E-state index contributed by atoms with van der Waals surface area (Å²) in [5.74, 6) is -0.329. The molecular formula is C13H10FN3O2S. The van der Waals surface area contributed by atoms with Crippen LogP contribution in [-0.2, 0) is 10.0 Å². The summed E-state index contributed by atoms with van der Waals surface area (Å²) in [4.78, 5) is 5.33. The molecule has 0 unspecified atom stereocenters. The summed E-state index contributed by atoms with van der Waals surface area (Å²) >= 11 is 0. The molecule has 2 aromatic rings. The first kappa shape index (κ1) is 12.7. The van der Waals surface area contributed by atoms with Gasteiger partial charge >= 0.3 is 0 Å². The van der Waals surface area contributed by atoms with Gasteiger partial charge in [-0.05, 0) is 36.8 Å². The molecule has 0 fully saturated rings. The van der Waals surface area contributed by atoms with E-state index in [-0.39, 0.29) is 16.4 Å². The van der Waals surface area contributed by atoms with Gasteiger partial charge in [-0.1, -0.05) is 6.07 Å². The van der Waals surface area contributed by atoms with E-state index in [9.17, 15) is 12.8 Å². The summed E-state index contributed by atoms with van der Waals surface area (Å²) < 4.78 is 41.1. The van der Waals surface area contributed by atoms with Gasteiger partial charge in [0, 0.05) is 6.20 Å². The molecule has 0 saturated heterocycles. The lowest BCUT2D eigenvalue weighted by Crippen LogP contribution is -2.24. The van der Waals surface area contributed by atoms with Crippen molar-refractivity contribution in [3.63, 3.8) is 0 Å². The van der Waals surface area contributed by atoms with E-state index in [2.05, 4.69) is 9.38 Å². The molecule has 3 rings (SSSR count). The summed E-state index contributed by atoms with van der Waals surface area (Å²) in [6, 6.07) is 7.47. The molecular weight excluding hydrogens is 281 g/mol. The van der Waals surface area contributed by atoms with Gasteiger partial charge in [0.2, 0.25) is 0 Å². The standard InChI is InChI=1S/C13H10FN3O2S/c1-9-4-5-10(14)11(7-9)17-8-16-20(18,19)12-3-2-6-15-13(12)17/h2-8H,1H3. The molecule has 20 heavy (non-hydrogen) atoms. The van der Waals surface area contributed by atoms with Crippen molar-refractivity contribution in [3.8, 4) is 0 Å². The lowest BCUT2D eigenvalue weighted by molar-refractivity contribution is 0.596. The van der Waals surface area contributed by atoms with Crippen LogP contribution in [-0.4, -0.2) is 19.7 Å². The van der Waals surface area contributed by atoms with Gasteiger partial charge in [-0.2, -0.15) is 8.42 Å². The fourth-order valence-corrected chi connectivity index (χ4v) is 2.93. The van der Waals surface area contributed by atoms with E-state index >= 15 is 0 Å². The van der Waals surface area contributed by atoms with Gasteiger partial charge in [-0.25, -0.2) is 9.37 Å². The van der Waals surface area contributed by atoms with Crippen molar-refractivity contribution in [2.24, 2.45) is 4.40 Å². The minimum atomic E-state index is -3.76. The number of aromatic nitrogens is 1. The van der Waals surface area contributed by atoms with Crippen LogP contribution in [0.4, 0.5) is 15.9 Å². The molecule has 0 radical (unpaired) electrons. The number of hydrogen-bond acceptors (Lipinski definition) is 4. The summed E-state index contributed by atoms with van der Waals surface area (Å²) in [6.07, 6.45) is 2.52. The van der Waals surface area contributed by atoms with Crippen molar-refractivity contribution in [2.75, 3.05) is 4.90 Å². The second kappa shape index (κ2) is 4.38. The zero-order chi connectivity index (χ0) is 14.3. The molecule has 0 N–H and O–H groups in total. The number of anilines is 2. The Kier molecular flexibility index (Phi) is 2.79. The number of sulfonamides is 1. The lowest BCUT2D eigenvalue weighted by Gasteiger charge is -2.24. The Labute approximate surface area is 115 Å². The van der Waals surface area contributed by atoms with E-state index < -0.39 is 15.8 Å². The number of aryl methyl sites for hydroxylation is 1. The molecule has 1 aromatic carbocycles. The van der Waals surface area contributed by atoms with Crippen LogP contribution in [0.25, 0.3) is 0 Å². The summed E-state index contributed by atoms with van der Waals surface area (Å²) in [5, 5.41) is 0. The maximum Gasteiger partial charge on any atom is 0.287 e. The third-order valence-corrected chi connectivity index (χ3v) is 4.17.